The summed E-state index contributed by atoms with van der Waals surface area (Å²) in [6.45, 7) is 33.5. The third kappa shape index (κ3) is 16.5. The first-order valence-corrected chi connectivity index (χ1v) is 18.2. The fraction of sp³-hybridized carbons (Fsp3) is 0.524. The number of nitrogens with zero attached hydrogens (tertiary/aromatic N) is 5. The molecule has 0 N–H and O–H groups in total. The van der Waals surface area contributed by atoms with Gasteiger partial charge in [-0.25, -0.2) is 4.68 Å². The zero-order chi connectivity index (χ0) is 37.1. The van der Waals surface area contributed by atoms with Gasteiger partial charge in [0.15, 0.2) is 0 Å². The number of benzene rings is 1. The molecule has 3 heterocycles. The lowest BCUT2D eigenvalue weighted by Gasteiger charge is -2.23. The van der Waals surface area contributed by atoms with Crippen LogP contribution in [0.5, 0.6) is 0 Å². The number of rotatable bonds is 8. The summed E-state index contributed by atoms with van der Waals surface area (Å²) in [5, 5.41) is 4.60. The fourth-order valence-electron chi connectivity index (χ4n) is 5.19. The first-order valence-electron chi connectivity index (χ1n) is 18.2. The van der Waals surface area contributed by atoms with Crippen molar-refractivity contribution >= 4 is 12.0 Å². The Morgan fingerprint density at radius 1 is 0.979 bits per heavy atom. The molecular formula is C42H71N5O. The van der Waals surface area contributed by atoms with E-state index >= 15 is 0 Å². The number of likely N-dealkylation sites (tertiary alicyclic amines) is 2. The Hall–Kier alpha value is -3.64. The minimum absolute atomic E-state index is 0.138. The molecule has 4 rings (SSSR count). The van der Waals surface area contributed by atoms with E-state index in [2.05, 4.69) is 75.1 Å². The second-order valence-corrected chi connectivity index (χ2v) is 11.2. The second-order valence-electron chi connectivity index (χ2n) is 11.2. The average molecular weight is 662 g/mol. The summed E-state index contributed by atoms with van der Waals surface area (Å²) >= 11 is 0. The van der Waals surface area contributed by atoms with Gasteiger partial charge in [-0.05, 0) is 108 Å². The first kappa shape index (κ1) is 46.5. The van der Waals surface area contributed by atoms with Crippen molar-refractivity contribution in [3.63, 3.8) is 0 Å². The van der Waals surface area contributed by atoms with E-state index < -0.39 is 0 Å². The highest BCUT2D eigenvalue weighted by Gasteiger charge is 2.31. The van der Waals surface area contributed by atoms with Gasteiger partial charge in [-0.1, -0.05) is 84.9 Å². The van der Waals surface area contributed by atoms with E-state index in [4.69, 9.17) is 0 Å². The highest BCUT2D eigenvalue weighted by atomic mass is 16.2. The molecule has 0 aliphatic carbocycles. The van der Waals surface area contributed by atoms with Gasteiger partial charge < -0.3 is 9.80 Å². The largest absolute Gasteiger partial charge is 0.378 e. The number of carbonyl (C=O) groups is 1. The van der Waals surface area contributed by atoms with E-state index in [1.54, 1.807) is 12.2 Å². The molecule has 1 amide bonds. The Balaban J connectivity index is 0. The third-order valence-electron chi connectivity index (χ3n) is 7.32. The van der Waals surface area contributed by atoms with Gasteiger partial charge in [0.05, 0.1) is 11.4 Å². The summed E-state index contributed by atoms with van der Waals surface area (Å²) in [7, 11) is 4.14. The van der Waals surface area contributed by atoms with E-state index in [9.17, 15) is 4.79 Å². The number of amides is 1. The van der Waals surface area contributed by atoms with Crippen molar-refractivity contribution in [3.05, 3.63) is 102 Å². The molecule has 2 saturated heterocycles. The van der Waals surface area contributed by atoms with Gasteiger partial charge in [-0.15, -0.1) is 6.58 Å². The van der Waals surface area contributed by atoms with Crippen molar-refractivity contribution in [2.75, 3.05) is 40.3 Å². The van der Waals surface area contributed by atoms with Crippen molar-refractivity contribution in [2.24, 2.45) is 0 Å². The lowest BCUT2D eigenvalue weighted by molar-refractivity contribution is 0.0780. The van der Waals surface area contributed by atoms with Crippen molar-refractivity contribution in [1.82, 2.24) is 24.5 Å². The number of carbonyl (C=O) groups excluding carboxylic acids is 1. The summed E-state index contributed by atoms with van der Waals surface area (Å²) in [5.74, 6) is 0.138. The summed E-state index contributed by atoms with van der Waals surface area (Å²) in [6, 6.07) is 8.30. The molecule has 1 aromatic carbocycles. The zero-order valence-corrected chi connectivity index (χ0v) is 33.1. The topological polar surface area (TPSA) is 44.6 Å². The molecule has 0 radical (unpaired) electrons. The highest BCUT2D eigenvalue weighted by Crippen LogP contribution is 2.22. The summed E-state index contributed by atoms with van der Waals surface area (Å²) in [6.07, 6.45) is 18.5. The Bertz CT molecular complexity index is 1220. The molecule has 1 atom stereocenters. The fourth-order valence-corrected chi connectivity index (χ4v) is 5.19. The molecule has 6 nitrogen and oxygen atoms in total. The van der Waals surface area contributed by atoms with E-state index in [-0.39, 0.29) is 5.91 Å². The van der Waals surface area contributed by atoms with Crippen molar-refractivity contribution in [2.45, 2.75) is 108 Å². The molecule has 0 spiro atoms. The lowest BCUT2D eigenvalue weighted by atomic mass is 10.2. The van der Waals surface area contributed by atoms with Gasteiger partial charge in [0.2, 0.25) is 0 Å². The van der Waals surface area contributed by atoms with Crippen LogP contribution in [0.1, 0.15) is 117 Å². The van der Waals surface area contributed by atoms with Crippen LogP contribution in [0.2, 0.25) is 0 Å². The number of hydrogen-bond acceptors (Lipinski definition) is 4. The average Bonchev–Trinajstić information content (AvgIpc) is 3.89. The van der Waals surface area contributed by atoms with E-state index in [0.29, 0.717) is 6.04 Å². The van der Waals surface area contributed by atoms with Crippen LogP contribution in [0.15, 0.2) is 85.3 Å². The first-order chi connectivity index (χ1) is 23.2. The minimum Gasteiger partial charge on any atom is -0.378 e. The predicted molar refractivity (Wildman–Crippen MR) is 214 cm³/mol. The quantitative estimate of drug-likeness (QED) is 0.209. The van der Waals surface area contributed by atoms with E-state index in [1.807, 2.05) is 108 Å². The minimum atomic E-state index is 0.138. The summed E-state index contributed by atoms with van der Waals surface area (Å²) in [4.78, 5) is 19.6. The molecule has 0 bridgehead atoms. The Morgan fingerprint density at radius 3 is 2.02 bits per heavy atom. The number of hydrogen-bond donors (Lipinski definition) is 0. The zero-order valence-electron chi connectivity index (χ0n) is 33.1. The van der Waals surface area contributed by atoms with Crippen LogP contribution in [-0.2, 0) is 0 Å². The molecule has 2 aliphatic rings. The Kier molecular flexibility index (Phi) is 27.5. The normalized spacial score (nSPS) is 14.9. The van der Waals surface area contributed by atoms with Crippen LogP contribution >= 0.6 is 0 Å². The molecule has 1 unspecified atom stereocenters. The summed E-state index contributed by atoms with van der Waals surface area (Å²) < 4.78 is 1.85. The number of aromatic nitrogens is 2. The second kappa shape index (κ2) is 28.4. The van der Waals surface area contributed by atoms with Gasteiger partial charge >= 0.3 is 0 Å². The summed E-state index contributed by atoms with van der Waals surface area (Å²) in [5.41, 5.74) is 6.40. The molecule has 1 aromatic heterocycles. The Labute approximate surface area is 296 Å². The van der Waals surface area contributed by atoms with Crippen LogP contribution in [0.4, 0.5) is 0 Å². The van der Waals surface area contributed by atoms with Crippen LogP contribution in [0.25, 0.3) is 11.8 Å². The monoisotopic (exact) mass is 662 g/mol. The molecule has 2 aromatic rings. The van der Waals surface area contributed by atoms with Gasteiger partial charge in [-0.3, -0.25) is 9.69 Å². The molecule has 2 aliphatic heterocycles. The number of allylic oxidation sites excluding steroid dienone is 6. The van der Waals surface area contributed by atoms with Gasteiger partial charge in [0.25, 0.3) is 5.91 Å². The van der Waals surface area contributed by atoms with E-state index in [0.717, 1.165) is 48.4 Å². The molecule has 0 saturated carbocycles. The van der Waals surface area contributed by atoms with Crippen LogP contribution < -0.4 is 0 Å². The molecule has 48 heavy (non-hydrogen) atoms. The van der Waals surface area contributed by atoms with Crippen LogP contribution in [0, 0.1) is 6.92 Å². The SMILES string of the molecule is C=C/C=C\c1nn(-c2ccc(C(=O)N3CCC(N4CCCC4)C3)cc2)cc1C.C=CC.CC.CC.CC.CC/C=C\C(=C(C)C)N(C)C. The molecule has 2 fully saturated rings. The molecule has 6 heteroatoms. The van der Waals surface area contributed by atoms with Gasteiger partial charge in [-0.2, -0.15) is 5.10 Å². The highest BCUT2D eigenvalue weighted by molar-refractivity contribution is 5.94. The van der Waals surface area contributed by atoms with Crippen molar-refractivity contribution < 1.29 is 4.79 Å². The molecule has 270 valence electrons. The Morgan fingerprint density at radius 2 is 1.54 bits per heavy atom. The maximum atomic E-state index is 12.9. The standard InChI is InChI=1S/C23H28N4O.C10H19N.C3H6.3C2H6/c1-3-4-7-22-18(2)16-27(24-22)20-10-8-19(9-11-20)23(28)26-15-12-21(17-26)25-13-5-6-14-25;1-6-7-8-10(9(2)3)11(4)5;1-3-2;3*1-2/h3-4,7-11,16,21H,1,5-6,12-15,17H2,2H3;7-8H,6H2,1-5H3;3H,1H2,2H3;3*1-2H3/b7-4-;8-7-;;;;. The number of aryl methyl sites for hydroxylation is 1. The lowest BCUT2D eigenvalue weighted by Crippen LogP contribution is -2.37. The van der Waals surface area contributed by atoms with Crippen molar-refractivity contribution in [3.8, 4) is 5.69 Å². The van der Waals surface area contributed by atoms with Crippen LogP contribution in [0.3, 0.4) is 0 Å². The van der Waals surface area contributed by atoms with Gasteiger partial charge in [0, 0.05) is 50.7 Å². The maximum absolute atomic E-state index is 12.9. The maximum Gasteiger partial charge on any atom is 0.253 e. The predicted octanol–water partition coefficient (Wildman–Crippen LogP) is 10.8. The number of likely N-dealkylation sites (N-methyl/N-ethyl adjacent to an activating group) is 1. The van der Waals surface area contributed by atoms with E-state index in [1.165, 1.54) is 37.2 Å². The molecular weight excluding hydrogens is 590 g/mol. The van der Waals surface area contributed by atoms with Gasteiger partial charge in [0.1, 0.15) is 0 Å². The smallest absolute Gasteiger partial charge is 0.253 e. The van der Waals surface area contributed by atoms with Crippen LogP contribution in [-0.4, -0.2) is 76.7 Å². The van der Waals surface area contributed by atoms with Crippen molar-refractivity contribution in [1.29, 1.82) is 0 Å². The third-order valence-corrected chi connectivity index (χ3v) is 7.32.